The van der Waals surface area contributed by atoms with Gasteiger partial charge in [0.25, 0.3) is 0 Å². The number of rotatable bonds is 4. The Morgan fingerprint density at radius 1 is 1.25 bits per heavy atom. The first-order chi connectivity index (χ1) is 7.70. The Kier molecular flexibility index (Phi) is 3.62. The fraction of sp³-hybridized carbons (Fsp3) is 0.571. The van der Waals surface area contributed by atoms with Crippen molar-refractivity contribution in [3.63, 3.8) is 0 Å². The van der Waals surface area contributed by atoms with Crippen molar-refractivity contribution >= 4 is 0 Å². The van der Waals surface area contributed by atoms with Gasteiger partial charge >= 0.3 is 0 Å². The molecule has 0 aromatic heterocycles. The van der Waals surface area contributed by atoms with E-state index in [-0.39, 0.29) is 0 Å². The fourth-order valence-electron chi connectivity index (χ4n) is 2.41. The van der Waals surface area contributed by atoms with Crippen molar-refractivity contribution < 1.29 is 5.11 Å². The van der Waals surface area contributed by atoms with Gasteiger partial charge in [-0.05, 0) is 25.3 Å². The Hall–Kier alpha value is -0.860. The Bertz CT molecular complexity index is 317. The van der Waals surface area contributed by atoms with E-state index in [9.17, 15) is 5.11 Å². The molecule has 0 heterocycles. The van der Waals surface area contributed by atoms with Gasteiger partial charge in [-0.25, -0.2) is 0 Å². The van der Waals surface area contributed by atoms with E-state index < -0.39 is 5.60 Å². The molecule has 2 N–H and O–H groups in total. The second kappa shape index (κ2) is 4.98. The molecule has 2 heteroatoms. The van der Waals surface area contributed by atoms with Crippen LogP contribution in [-0.4, -0.2) is 17.3 Å². The van der Waals surface area contributed by atoms with Gasteiger partial charge in [-0.2, -0.15) is 0 Å². The van der Waals surface area contributed by atoms with Gasteiger partial charge in [0.15, 0.2) is 0 Å². The van der Waals surface area contributed by atoms with Crippen molar-refractivity contribution in [3.8, 4) is 0 Å². The Balaban J connectivity index is 1.86. The molecule has 1 aliphatic rings. The smallest absolute Gasteiger partial charge is 0.0771 e. The predicted octanol–water partition coefficient (Wildman–Crippen LogP) is 2.64. The molecule has 2 rings (SSSR count). The average molecular weight is 219 g/mol. The molecule has 1 atom stereocenters. The molecule has 1 fully saturated rings. The number of benzene rings is 1. The highest BCUT2D eigenvalue weighted by atomic mass is 16.3. The quantitative estimate of drug-likeness (QED) is 0.816. The summed E-state index contributed by atoms with van der Waals surface area (Å²) in [4.78, 5) is 0. The summed E-state index contributed by atoms with van der Waals surface area (Å²) < 4.78 is 0. The van der Waals surface area contributed by atoms with Crippen LogP contribution in [0, 0.1) is 0 Å². The van der Waals surface area contributed by atoms with E-state index in [1.165, 1.54) is 5.56 Å². The predicted molar refractivity (Wildman–Crippen MR) is 66.3 cm³/mol. The standard InChI is InChI=1S/C14H21NO/c1-12(13-7-3-2-4-8-13)15-11-14(16)9-5-6-10-14/h2-4,7-8,12,15-16H,5-6,9-11H2,1H3/t12-/m0/s1. The third-order valence-corrected chi connectivity index (χ3v) is 3.57. The zero-order valence-corrected chi connectivity index (χ0v) is 9.95. The van der Waals surface area contributed by atoms with E-state index in [0.717, 1.165) is 25.7 Å². The number of nitrogens with one attached hydrogen (secondary N) is 1. The molecule has 0 unspecified atom stereocenters. The van der Waals surface area contributed by atoms with Gasteiger partial charge in [-0.15, -0.1) is 0 Å². The average Bonchev–Trinajstić information content (AvgIpc) is 2.75. The fourth-order valence-corrected chi connectivity index (χ4v) is 2.41. The van der Waals surface area contributed by atoms with Crippen LogP contribution in [0.15, 0.2) is 30.3 Å². The number of hydrogen-bond donors (Lipinski definition) is 2. The van der Waals surface area contributed by atoms with Crippen LogP contribution in [0.1, 0.15) is 44.2 Å². The van der Waals surface area contributed by atoms with E-state index >= 15 is 0 Å². The first kappa shape index (κ1) is 11.6. The molecule has 16 heavy (non-hydrogen) atoms. The van der Waals surface area contributed by atoms with E-state index in [1.807, 2.05) is 6.07 Å². The van der Waals surface area contributed by atoms with Crippen LogP contribution in [0.3, 0.4) is 0 Å². The summed E-state index contributed by atoms with van der Waals surface area (Å²) in [6.45, 7) is 2.86. The topological polar surface area (TPSA) is 32.3 Å². The summed E-state index contributed by atoms with van der Waals surface area (Å²) in [5.41, 5.74) is 0.826. The molecular formula is C14H21NO. The van der Waals surface area contributed by atoms with Crippen LogP contribution < -0.4 is 5.32 Å². The van der Waals surface area contributed by atoms with Crippen LogP contribution in [-0.2, 0) is 0 Å². The van der Waals surface area contributed by atoms with Crippen molar-refractivity contribution in [2.24, 2.45) is 0 Å². The maximum Gasteiger partial charge on any atom is 0.0771 e. The second-order valence-electron chi connectivity index (χ2n) is 4.94. The molecule has 1 aromatic rings. The van der Waals surface area contributed by atoms with Crippen LogP contribution in [0.4, 0.5) is 0 Å². The van der Waals surface area contributed by atoms with E-state index in [0.29, 0.717) is 12.6 Å². The third kappa shape index (κ3) is 2.83. The summed E-state index contributed by atoms with van der Waals surface area (Å²) in [6.07, 6.45) is 4.22. The summed E-state index contributed by atoms with van der Waals surface area (Å²) in [6, 6.07) is 10.7. The molecular weight excluding hydrogens is 198 g/mol. The van der Waals surface area contributed by atoms with Crippen LogP contribution in [0.2, 0.25) is 0 Å². The van der Waals surface area contributed by atoms with E-state index in [1.54, 1.807) is 0 Å². The third-order valence-electron chi connectivity index (χ3n) is 3.57. The highest BCUT2D eigenvalue weighted by molar-refractivity contribution is 5.18. The summed E-state index contributed by atoms with van der Waals surface area (Å²) in [5, 5.41) is 13.7. The molecule has 0 amide bonds. The van der Waals surface area contributed by atoms with Gasteiger partial charge in [0.2, 0.25) is 0 Å². The first-order valence-electron chi connectivity index (χ1n) is 6.20. The molecule has 0 radical (unpaired) electrons. The molecule has 1 saturated carbocycles. The van der Waals surface area contributed by atoms with Gasteiger partial charge in [0.1, 0.15) is 0 Å². The van der Waals surface area contributed by atoms with Gasteiger partial charge in [0.05, 0.1) is 5.60 Å². The molecule has 88 valence electrons. The molecule has 0 saturated heterocycles. The molecule has 0 bridgehead atoms. The number of aliphatic hydroxyl groups is 1. The molecule has 1 aromatic carbocycles. The van der Waals surface area contributed by atoms with E-state index in [2.05, 4.69) is 36.5 Å². The van der Waals surface area contributed by atoms with Crippen molar-refractivity contribution in [1.29, 1.82) is 0 Å². The van der Waals surface area contributed by atoms with Crippen molar-refractivity contribution in [2.45, 2.75) is 44.2 Å². The summed E-state index contributed by atoms with van der Waals surface area (Å²) in [7, 11) is 0. The van der Waals surface area contributed by atoms with E-state index in [4.69, 9.17) is 0 Å². The van der Waals surface area contributed by atoms with Crippen molar-refractivity contribution in [3.05, 3.63) is 35.9 Å². The highest BCUT2D eigenvalue weighted by Gasteiger charge is 2.30. The van der Waals surface area contributed by atoms with Gasteiger partial charge < -0.3 is 10.4 Å². The lowest BCUT2D eigenvalue weighted by Crippen LogP contribution is -2.39. The Morgan fingerprint density at radius 2 is 1.88 bits per heavy atom. The van der Waals surface area contributed by atoms with Crippen LogP contribution in [0.5, 0.6) is 0 Å². The minimum Gasteiger partial charge on any atom is -0.389 e. The summed E-state index contributed by atoms with van der Waals surface area (Å²) >= 11 is 0. The van der Waals surface area contributed by atoms with Gasteiger partial charge in [-0.3, -0.25) is 0 Å². The van der Waals surface area contributed by atoms with Crippen LogP contribution >= 0.6 is 0 Å². The Labute approximate surface area is 97.7 Å². The van der Waals surface area contributed by atoms with Gasteiger partial charge in [0, 0.05) is 12.6 Å². The monoisotopic (exact) mass is 219 g/mol. The number of hydrogen-bond acceptors (Lipinski definition) is 2. The largest absolute Gasteiger partial charge is 0.389 e. The van der Waals surface area contributed by atoms with Crippen molar-refractivity contribution in [2.75, 3.05) is 6.54 Å². The minimum absolute atomic E-state index is 0.311. The zero-order chi connectivity index (χ0) is 11.4. The zero-order valence-electron chi connectivity index (χ0n) is 9.95. The highest BCUT2D eigenvalue weighted by Crippen LogP contribution is 2.29. The maximum atomic E-state index is 10.2. The van der Waals surface area contributed by atoms with Crippen molar-refractivity contribution in [1.82, 2.24) is 5.32 Å². The molecule has 1 aliphatic carbocycles. The summed E-state index contributed by atoms with van der Waals surface area (Å²) in [5.74, 6) is 0. The lowest BCUT2D eigenvalue weighted by Gasteiger charge is -2.25. The second-order valence-corrected chi connectivity index (χ2v) is 4.94. The lowest BCUT2D eigenvalue weighted by atomic mass is 10.0. The minimum atomic E-state index is -0.455. The molecule has 0 spiro atoms. The van der Waals surface area contributed by atoms with Gasteiger partial charge in [-0.1, -0.05) is 43.2 Å². The lowest BCUT2D eigenvalue weighted by molar-refractivity contribution is 0.0453. The Morgan fingerprint density at radius 3 is 2.50 bits per heavy atom. The first-order valence-corrected chi connectivity index (χ1v) is 6.20. The SMILES string of the molecule is C[C@H](NCC1(O)CCCC1)c1ccccc1. The normalized spacial score (nSPS) is 20.9. The van der Waals surface area contributed by atoms with Crippen LogP contribution in [0.25, 0.3) is 0 Å². The maximum absolute atomic E-state index is 10.2. The molecule has 0 aliphatic heterocycles. The molecule has 2 nitrogen and oxygen atoms in total.